The summed E-state index contributed by atoms with van der Waals surface area (Å²) < 4.78 is 0. The minimum absolute atomic E-state index is 0.604. The first kappa shape index (κ1) is 29.5. The highest BCUT2D eigenvalue weighted by molar-refractivity contribution is 5.69. The minimum atomic E-state index is 0.604. The molecule has 5 rings (SSSR count). The Morgan fingerprint density at radius 1 is 0.976 bits per heavy atom. The van der Waals surface area contributed by atoms with Crippen LogP contribution in [-0.2, 0) is 32.2 Å². The largest absolute Gasteiger partial charge is 0.382 e. The van der Waals surface area contributed by atoms with Gasteiger partial charge >= 0.3 is 0 Å². The second-order valence-corrected chi connectivity index (χ2v) is 10.4. The Labute approximate surface area is 243 Å². The number of nitrogen functional groups attached to an aromatic ring is 1. The highest BCUT2D eigenvalue weighted by Gasteiger charge is 2.13. The summed E-state index contributed by atoms with van der Waals surface area (Å²) in [6, 6.07) is 21.3. The highest BCUT2D eigenvalue weighted by atomic mass is 15.5. The van der Waals surface area contributed by atoms with E-state index in [1.165, 1.54) is 64.6 Å². The van der Waals surface area contributed by atoms with Gasteiger partial charge in [-0.3, -0.25) is 10.4 Å². The first-order valence-corrected chi connectivity index (χ1v) is 14.5. The number of benzene rings is 2. The van der Waals surface area contributed by atoms with Gasteiger partial charge in [0, 0.05) is 24.6 Å². The van der Waals surface area contributed by atoms with Crippen LogP contribution in [0, 0.1) is 6.92 Å². The van der Waals surface area contributed by atoms with Crippen LogP contribution in [0.3, 0.4) is 0 Å². The second kappa shape index (κ2) is 15.4. The molecule has 6 N–H and O–H groups in total. The average Bonchev–Trinajstić information content (AvgIpc) is 3.47. The van der Waals surface area contributed by atoms with Crippen molar-refractivity contribution in [2.45, 2.75) is 65.3 Å². The molecule has 0 saturated carbocycles. The van der Waals surface area contributed by atoms with E-state index in [2.05, 4.69) is 93.5 Å². The number of hydrogen-bond acceptors (Lipinski definition) is 6. The van der Waals surface area contributed by atoms with Crippen LogP contribution in [0.25, 0.3) is 11.1 Å². The van der Waals surface area contributed by atoms with Gasteiger partial charge in [-0.25, -0.2) is 4.98 Å². The smallest absolute Gasteiger partial charge is 0.147 e. The Bertz CT molecular complexity index is 1400. The number of nitrogens with two attached hydrogens (primary N) is 2. The summed E-state index contributed by atoms with van der Waals surface area (Å²) >= 11 is 0. The fourth-order valence-electron chi connectivity index (χ4n) is 5.19. The number of rotatable bonds is 11. The van der Waals surface area contributed by atoms with E-state index < -0.39 is 0 Å². The Kier molecular flexibility index (Phi) is 11.1. The molecule has 0 spiro atoms. The number of fused-ring (bicyclic) bond motifs is 1. The summed E-state index contributed by atoms with van der Waals surface area (Å²) in [5.41, 5.74) is 20.0. The molecule has 0 unspecified atom stereocenters. The van der Waals surface area contributed by atoms with Crippen molar-refractivity contribution in [1.29, 1.82) is 0 Å². The van der Waals surface area contributed by atoms with Crippen LogP contribution in [0.4, 0.5) is 11.5 Å². The van der Waals surface area contributed by atoms with Crippen LogP contribution in [0.1, 0.15) is 59.7 Å². The number of nitrogens with one attached hydrogen (secondary N) is 2. The predicted molar refractivity (Wildman–Crippen MR) is 168 cm³/mol. The van der Waals surface area contributed by atoms with E-state index in [-0.39, 0.29) is 0 Å². The Morgan fingerprint density at radius 3 is 2.61 bits per heavy atom. The van der Waals surface area contributed by atoms with Crippen LogP contribution < -0.4 is 22.3 Å². The number of pyridine rings is 2. The van der Waals surface area contributed by atoms with Gasteiger partial charge in [0.2, 0.25) is 0 Å². The molecule has 0 atom stereocenters. The molecule has 0 bridgehead atoms. The molecule has 2 aromatic carbocycles. The van der Waals surface area contributed by atoms with Gasteiger partial charge in [-0.05, 0) is 96.5 Å². The molecule has 4 aromatic rings. The maximum absolute atomic E-state index is 6.09. The molecule has 8 heteroatoms. The number of anilines is 2. The van der Waals surface area contributed by atoms with Crippen molar-refractivity contribution in [3.05, 3.63) is 107 Å². The lowest BCUT2D eigenvalue weighted by Crippen LogP contribution is -2.09. The molecule has 0 aliphatic heterocycles. The number of hydrogen-bond donors (Lipinski definition) is 4. The van der Waals surface area contributed by atoms with E-state index in [0.29, 0.717) is 12.4 Å². The number of unbranched alkanes of at least 4 members (excludes halogenated alkanes) is 1. The lowest BCUT2D eigenvalue weighted by molar-refractivity contribution is 0.678. The summed E-state index contributed by atoms with van der Waals surface area (Å²) in [7, 11) is 0. The normalized spacial score (nSPS) is 12.0. The SMILES string of the molecule is CCCCNc1c(C)cc(CCc2cccnc2)nc1N.N/N=N\NCc1ccccc1-c1ccc2c(c1)CCC2. The topological polar surface area (TPSA) is 127 Å². The van der Waals surface area contributed by atoms with E-state index >= 15 is 0 Å². The van der Waals surface area contributed by atoms with Gasteiger partial charge in [-0.1, -0.05) is 72.3 Å². The highest BCUT2D eigenvalue weighted by Crippen LogP contribution is 2.30. The Hall–Kier alpha value is -4.46. The van der Waals surface area contributed by atoms with Crippen LogP contribution in [-0.4, -0.2) is 16.5 Å². The fraction of sp³-hybridized carbons (Fsp3) is 0.333. The third-order valence-corrected chi connectivity index (χ3v) is 7.35. The first-order chi connectivity index (χ1) is 20.1. The molecule has 0 amide bonds. The van der Waals surface area contributed by atoms with Crippen molar-refractivity contribution >= 4 is 11.5 Å². The summed E-state index contributed by atoms with van der Waals surface area (Å²) in [6.45, 7) is 5.82. The van der Waals surface area contributed by atoms with Gasteiger partial charge in [0.05, 0.1) is 12.2 Å². The summed E-state index contributed by atoms with van der Waals surface area (Å²) in [4.78, 5) is 8.66. The predicted octanol–water partition coefficient (Wildman–Crippen LogP) is 6.54. The van der Waals surface area contributed by atoms with Gasteiger partial charge in [0.15, 0.2) is 0 Å². The van der Waals surface area contributed by atoms with Crippen molar-refractivity contribution in [1.82, 2.24) is 15.4 Å². The molecule has 0 saturated heterocycles. The van der Waals surface area contributed by atoms with Crippen LogP contribution in [0.15, 0.2) is 83.5 Å². The molecular formula is C33H42N8. The lowest BCUT2D eigenvalue weighted by atomic mass is 9.96. The minimum Gasteiger partial charge on any atom is -0.382 e. The molecule has 2 heterocycles. The standard InChI is InChI=1S/C17H24N4.C16H18N4/c1-3-4-10-20-16-13(2)11-15(21-17(16)18)8-7-14-6-5-9-19-12-14;17-19-20-18-11-15-4-1-2-7-16(15)14-9-8-12-5-3-6-13(12)10-14/h5-6,9,11-12,20H,3-4,7-8,10H2,1-2H3,(H2,18,21);1-2,4,7-10H,3,5-6,11H2,(H2,17,20)(H,18,19). The zero-order valence-corrected chi connectivity index (χ0v) is 24.2. The molecule has 2 aromatic heterocycles. The van der Waals surface area contributed by atoms with Crippen molar-refractivity contribution < 1.29 is 0 Å². The van der Waals surface area contributed by atoms with Gasteiger partial charge in [0.1, 0.15) is 5.82 Å². The van der Waals surface area contributed by atoms with E-state index in [0.717, 1.165) is 37.2 Å². The van der Waals surface area contributed by atoms with E-state index in [1.807, 2.05) is 18.3 Å². The van der Waals surface area contributed by atoms with Gasteiger partial charge in [0.25, 0.3) is 0 Å². The molecule has 1 aliphatic rings. The fourth-order valence-corrected chi connectivity index (χ4v) is 5.19. The molecule has 8 nitrogen and oxygen atoms in total. The average molecular weight is 551 g/mol. The number of nitrogens with zero attached hydrogens (tertiary/aromatic N) is 4. The van der Waals surface area contributed by atoms with Gasteiger partial charge in [-0.2, -0.15) is 0 Å². The van der Waals surface area contributed by atoms with E-state index in [4.69, 9.17) is 11.6 Å². The first-order valence-electron chi connectivity index (χ1n) is 14.5. The lowest BCUT2D eigenvalue weighted by Gasteiger charge is -2.13. The van der Waals surface area contributed by atoms with Crippen LogP contribution in [0.5, 0.6) is 0 Å². The Balaban J connectivity index is 0.000000189. The Morgan fingerprint density at radius 2 is 1.83 bits per heavy atom. The maximum atomic E-state index is 6.09. The zero-order valence-electron chi connectivity index (χ0n) is 24.2. The van der Waals surface area contributed by atoms with Crippen molar-refractivity contribution in [2.24, 2.45) is 16.3 Å². The van der Waals surface area contributed by atoms with Crippen molar-refractivity contribution in [3.8, 4) is 11.1 Å². The summed E-state index contributed by atoms with van der Waals surface area (Å²) in [6.07, 6.45) is 11.5. The van der Waals surface area contributed by atoms with E-state index in [1.54, 1.807) is 6.20 Å². The molecule has 0 fully saturated rings. The van der Waals surface area contributed by atoms with Crippen LogP contribution in [0.2, 0.25) is 0 Å². The molecule has 41 heavy (non-hydrogen) atoms. The van der Waals surface area contributed by atoms with Crippen molar-refractivity contribution in [3.63, 3.8) is 0 Å². The van der Waals surface area contributed by atoms with E-state index in [9.17, 15) is 0 Å². The number of aryl methyl sites for hydroxylation is 5. The van der Waals surface area contributed by atoms with Gasteiger partial charge in [-0.15, -0.1) is 0 Å². The second-order valence-electron chi connectivity index (χ2n) is 10.4. The maximum Gasteiger partial charge on any atom is 0.147 e. The summed E-state index contributed by atoms with van der Waals surface area (Å²) in [5.74, 6) is 5.60. The number of aromatic nitrogens is 2. The van der Waals surface area contributed by atoms with Crippen molar-refractivity contribution in [2.75, 3.05) is 17.6 Å². The van der Waals surface area contributed by atoms with Crippen LogP contribution >= 0.6 is 0 Å². The molecule has 0 radical (unpaired) electrons. The molecule has 1 aliphatic carbocycles. The molecular weight excluding hydrogens is 508 g/mol. The third kappa shape index (κ3) is 8.51. The monoisotopic (exact) mass is 550 g/mol. The third-order valence-electron chi connectivity index (χ3n) is 7.35. The quantitative estimate of drug-likeness (QED) is 0.0727. The summed E-state index contributed by atoms with van der Waals surface area (Å²) in [5, 5.41) is 10.2. The zero-order chi connectivity index (χ0) is 28.9. The molecule has 214 valence electrons. The van der Waals surface area contributed by atoms with Gasteiger partial charge < -0.3 is 16.9 Å².